The molecule has 12 heteroatoms. The number of benzene rings is 1. The zero-order valence-corrected chi connectivity index (χ0v) is 17.4. The van der Waals surface area contributed by atoms with Crippen molar-refractivity contribution in [2.45, 2.75) is 14.8 Å². The molecule has 1 unspecified atom stereocenters. The molecule has 24 heavy (non-hydrogen) atoms. The topological polar surface area (TPSA) is 81.7 Å². The van der Waals surface area contributed by atoms with Crippen molar-refractivity contribution >= 4 is 78.9 Å². The van der Waals surface area contributed by atoms with Gasteiger partial charge in [0.25, 0.3) is 0 Å². The second-order valence-electron chi connectivity index (χ2n) is 4.24. The molecule has 136 valence electrons. The molecular weight excluding hydrogens is 489 g/mol. The van der Waals surface area contributed by atoms with Gasteiger partial charge in [-0.15, -0.1) is 11.8 Å². The Morgan fingerprint density at radius 2 is 1.92 bits per heavy atom. The summed E-state index contributed by atoms with van der Waals surface area (Å²) in [5.74, 6) is 0.428. The van der Waals surface area contributed by atoms with Crippen molar-refractivity contribution in [2.24, 2.45) is 0 Å². The molecule has 0 spiro atoms. The lowest BCUT2D eigenvalue weighted by Gasteiger charge is -2.16. The maximum Gasteiger partial charge on any atom is 0.423 e. The lowest BCUT2D eigenvalue weighted by molar-refractivity contribution is 0.124. The quantitative estimate of drug-likeness (QED) is 0.430. The lowest BCUT2D eigenvalue weighted by atomic mass is 10.4. The second kappa shape index (κ2) is 10.3. The molecule has 0 heterocycles. The van der Waals surface area contributed by atoms with Crippen molar-refractivity contribution in [3.8, 4) is 0 Å². The molecule has 0 aromatic heterocycles. The monoisotopic (exact) mass is 499 g/mol. The fourth-order valence-electron chi connectivity index (χ4n) is 1.27. The van der Waals surface area contributed by atoms with Gasteiger partial charge in [0.15, 0.2) is 0 Å². The number of hydrogen-bond donors (Lipinski definition) is 1. The number of halogens is 4. The number of alkyl halides is 4. The molecule has 1 amide bonds. The molecule has 1 aromatic carbocycles. The summed E-state index contributed by atoms with van der Waals surface area (Å²) in [5.41, 5.74) is 0. The average molecular weight is 502 g/mol. The van der Waals surface area contributed by atoms with Crippen LogP contribution in [0, 0.1) is 0 Å². The van der Waals surface area contributed by atoms with E-state index in [4.69, 9.17) is 39.5 Å². The standard InChI is InChI=1S/C12H13BrCl3NO5S2/c13-6-9(7-23-10-4-2-1-3-5-10)22-11(18)17-24(19,20)21-8-12(14,15)16/h1-5,9H,6-8H2,(H,17,18). The number of ether oxygens (including phenoxy) is 1. The van der Waals surface area contributed by atoms with Crippen LogP contribution in [0.4, 0.5) is 4.79 Å². The molecule has 0 bridgehead atoms. The van der Waals surface area contributed by atoms with Gasteiger partial charge in [0.05, 0.1) is 0 Å². The Labute approximate surface area is 167 Å². The first-order valence-electron chi connectivity index (χ1n) is 6.29. The van der Waals surface area contributed by atoms with Crippen molar-refractivity contribution in [3.63, 3.8) is 0 Å². The number of carbonyl (C=O) groups excluding carboxylic acids is 1. The normalized spacial score (nSPS) is 13.3. The maximum absolute atomic E-state index is 11.6. The molecule has 0 fully saturated rings. The number of hydrogen-bond acceptors (Lipinski definition) is 6. The van der Waals surface area contributed by atoms with Crippen LogP contribution in [-0.2, 0) is 19.2 Å². The number of nitrogens with one attached hydrogen (secondary N) is 1. The van der Waals surface area contributed by atoms with Gasteiger partial charge in [0.1, 0.15) is 12.7 Å². The summed E-state index contributed by atoms with van der Waals surface area (Å²) in [4.78, 5) is 12.6. The highest BCUT2D eigenvalue weighted by molar-refractivity contribution is 9.09. The third kappa shape index (κ3) is 10.2. The zero-order chi connectivity index (χ0) is 18.2. The van der Waals surface area contributed by atoms with E-state index in [1.807, 2.05) is 30.3 Å². The van der Waals surface area contributed by atoms with Crippen LogP contribution in [0.1, 0.15) is 0 Å². The van der Waals surface area contributed by atoms with Crippen LogP contribution in [0.2, 0.25) is 0 Å². The van der Waals surface area contributed by atoms with E-state index in [-0.39, 0.29) is 0 Å². The summed E-state index contributed by atoms with van der Waals surface area (Å²) in [6.45, 7) is -0.744. The molecular formula is C12H13BrCl3NO5S2. The van der Waals surface area contributed by atoms with Gasteiger partial charge < -0.3 is 4.74 Å². The van der Waals surface area contributed by atoms with Gasteiger partial charge in [-0.3, -0.25) is 0 Å². The Morgan fingerprint density at radius 3 is 2.46 bits per heavy atom. The summed E-state index contributed by atoms with van der Waals surface area (Å²) < 4.78 is 32.0. The zero-order valence-electron chi connectivity index (χ0n) is 12.0. The van der Waals surface area contributed by atoms with Gasteiger partial charge in [0, 0.05) is 16.0 Å². The molecule has 1 atom stereocenters. The van der Waals surface area contributed by atoms with E-state index in [2.05, 4.69) is 20.1 Å². The average Bonchev–Trinajstić information content (AvgIpc) is 2.49. The van der Waals surface area contributed by atoms with Crippen molar-refractivity contribution in [1.29, 1.82) is 0 Å². The van der Waals surface area contributed by atoms with Crippen molar-refractivity contribution < 1.29 is 22.1 Å². The first-order chi connectivity index (χ1) is 11.1. The van der Waals surface area contributed by atoms with Crippen LogP contribution in [0.25, 0.3) is 0 Å². The molecule has 0 saturated carbocycles. The second-order valence-corrected chi connectivity index (χ2v) is 9.84. The Bertz CT molecular complexity index is 627. The highest BCUT2D eigenvalue weighted by atomic mass is 79.9. The van der Waals surface area contributed by atoms with Crippen molar-refractivity contribution in [1.82, 2.24) is 4.72 Å². The minimum absolute atomic E-state index is 0.329. The predicted octanol–water partition coefficient (Wildman–Crippen LogP) is 3.90. The third-order valence-corrected chi connectivity index (χ3v) is 5.25. The fourth-order valence-corrected chi connectivity index (χ4v) is 3.85. The van der Waals surface area contributed by atoms with E-state index in [9.17, 15) is 13.2 Å². The largest absolute Gasteiger partial charge is 0.444 e. The van der Waals surface area contributed by atoms with Crippen LogP contribution in [-0.4, -0.2) is 42.1 Å². The van der Waals surface area contributed by atoms with Gasteiger partial charge in [0.2, 0.25) is 3.79 Å². The lowest BCUT2D eigenvalue weighted by Crippen LogP contribution is -2.37. The van der Waals surface area contributed by atoms with Crippen LogP contribution in [0.3, 0.4) is 0 Å². The molecule has 6 nitrogen and oxygen atoms in total. The minimum Gasteiger partial charge on any atom is -0.444 e. The fraction of sp³-hybridized carbons (Fsp3) is 0.417. The SMILES string of the molecule is O=C(NS(=O)(=O)OCC(Cl)(Cl)Cl)OC(CBr)CSc1ccccc1. The summed E-state index contributed by atoms with van der Waals surface area (Å²) in [6, 6.07) is 9.47. The third-order valence-electron chi connectivity index (χ3n) is 2.21. The molecule has 1 rings (SSSR count). The van der Waals surface area contributed by atoms with Gasteiger partial charge >= 0.3 is 16.4 Å². The maximum atomic E-state index is 11.6. The molecule has 0 radical (unpaired) electrons. The van der Waals surface area contributed by atoms with Crippen molar-refractivity contribution in [3.05, 3.63) is 30.3 Å². The van der Waals surface area contributed by atoms with E-state index < -0.39 is 32.9 Å². The summed E-state index contributed by atoms with van der Waals surface area (Å²) in [7, 11) is -4.43. The smallest absolute Gasteiger partial charge is 0.423 e. The molecule has 0 aliphatic carbocycles. The van der Waals surface area contributed by atoms with E-state index in [1.54, 1.807) is 4.72 Å². The van der Waals surface area contributed by atoms with Crippen LogP contribution in [0.15, 0.2) is 35.2 Å². The first-order valence-corrected chi connectivity index (χ1v) is 10.9. The molecule has 1 aromatic rings. The molecule has 1 N–H and O–H groups in total. The van der Waals surface area contributed by atoms with Crippen LogP contribution < -0.4 is 4.72 Å². The Morgan fingerprint density at radius 1 is 1.29 bits per heavy atom. The molecule has 0 saturated heterocycles. The van der Waals surface area contributed by atoms with E-state index in [0.717, 1.165) is 4.90 Å². The minimum atomic E-state index is -4.43. The van der Waals surface area contributed by atoms with Gasteiger partial charge in [-0.25, -0.2) is 8.98 Å². The van der Waals surface area contributed by atoms with Gasteiger partial charge in [-0.1, -0.05) is 68.9 Å². The van der Waals surface area contributed by atoms with Gasteiger partial charge in [-0.05, 0) is 12.1 Å². The van der Waals surface area contributed by atoms with E-state index in [1.165, 1.54) is 11.8 Å². The Kier molecular flexibility index (Phi) is 9.50. The van der Waals surface area contributed by atoms with Crippen LogP contribution >= 0.6 is 62.5 Å². The number of amides is 1. The van der Waals surface area contributed by atoms with Gasteiger partial charge in [-0.2, -0.15) is 13.1 Å². The Balaban J connectivity index is 2.46. The first kappa shape index (κ1) is 22.1. The number of carbonyl (C=O) groups is 1. The van der Waals surface area contributed by atoms with E-state index >= 15 is 0 Å². The highest BCUT2D eigenvalue weighted by Crippen LogP contribution is 2.26. The summed E-state index contributed by atoms with van der Waals surface area (Å²) >= 11 is 20.8. The number of rotatable bonds is 8. The van der Waals surface area contributed by atoms with Crippen molar-refractivity contribution in [2.75, 3.05) is 17.7 Å². The van der Waals surface area contributed by atoms with Crippen LogP contribution in [0.5, 0.6) is 0 Å². The van der Waals surface area contributed by atoms with E-state index in [0.29, 0.717) is 11.1 Å². The Hall–Kier alpha value is 0.1000. The molecule has 0 aliphatic rings. The summed E-state index contributed by atoms with van der Waals surface area (Å²) in [5, 5.41) is 0.329. The number of thioether (sulfide) groups is 1. The molecule has 0 aliphatic heterocycles. The highest BCUT2D eigenvalue weighted by Gasteiger charge is 2.26. The summed E-state index contributed by atoms with van der Waals surface area (Å²) in [6.07, 6.45) is -1.74. The predicted molar refractivity (Wildman–Crippen MR) is 99.5 cm³/mol.